The van der Waals surface area contributed by atoms with Gasteiger partial charge in [-0.05, 0) is 50.2 Å². The number of anilines is 1. The van der Waals surface area contributed by atoms with Gasteiger partial charge in [-0.25, -0.2) is 4.79 Å². The number of ether oxygens (including phenoxy) is 2. The van der Waals surface area contributed by atoms with Crippen LogP contribution in [0.25, 0.3) is 5.76 Å². The zero-order valence-electron chi connectivity index (χ0n) is 16.7. The van der Waals surface area contributed by atoms with Crippen molar-refractivity contribution in [3.8, 4) is 5.75 Å². The van der Waals surface area contributed by atoms with Gasteiger partial charge in [-0.1, -0.05) is 17.7 Å². The molecule has 8 heteroatoms. The molecule has 3 rings (SSSR count). The van der Waals surface area contributed by atoms with E-state index in [0.29, 0.717) is 17.3 Å². The average molecular weight is 411 g/mol. The average Bonchev–Trinajstić information content (AvgIpc) is 2.95. The van der Waals surface area contributed by atoms with Crippen LogP contribution in [0, 0.1) is 6.92 Å². The second kappa shape index (κ2) is 8.00. The Hall–Kier alpha value is -3.65. The number of amides is 1. The monoisotopic (exact) mass is 411 g/mol. The molecule has 0 aromatic heterocycles. The number of methoxy groups -OCH3 is 1. The maximum atomic E-state index is 12.8. The summed E-state index contributed by atoms with van der Waals surface area (Å²) in [4.78, 5) is 38.7. The van der Waals surface area contributed by atoms with Crippen molar-refractivity contribution in [1.29, 1.82) is 0 Å². The van der Waals surface area contributed by atoms with Crippen LogP contribution in [0.2, 0.25) is 0 Å². The third kappa shape index (κ3) is 3.31. The lowest BCUT2D eigenvalue weighted by Crippen LogP contribution is -2.54. The Morgan fingerprint density at radius 3 is 2.20 bits per heavy atom. The van der Waals surface area contributed by atoms with Crippen molar-refractivity contribution in [3.05, 3.63) is 65.2 Å². The highest BCUT2D eigenvalue weighted by Crippen LogP contribution is 2.40. The first kappa shape index (κ1) is 21.1. The Morgan fingerprint density at radius 2 is 1.67 bits per heavy atom. The van der Waals surface area contributed by atoms with Crippen molar-refractivity contribution >= 4 is 29.1 Å². The molecule has 1 saturated heterocycles. The van der Waals surface area contributed by atoms with Gasteiger partial charge in [-0.3, -0.25) is 14.5 Å². The number of hydrogen-bond acceptors (Lipinski definition) is 7. The van der Waals surface area contributed by atoms with E-state index in [9.17, 15) is 24.6 Å². The topological polar surface area (TPSA) is 113 Å². The molecule has 30 heavy (non-hydrogen) atoms. The van der Waals surface area contributed by atoms with Gasteiger partial charge >= 0.3 is 11.9 Å². The maximum absolute atomic E-state index is 12.8. The first-order valence-electron chi connectivity index (χ1n) is 9.19. The molecule has 2 aromatic carbocycles. The number of hydrogen-bond donors (Lipinski definition) is 2. The number of aryl methyl sites for hydroxylation is 1. The molecule has 0 radical (unpaired) electrons. The number of esters is 1. The normalized spacial score (nSPS) is 20.3. The van der Waals surface area contributed by atoms with E-state index in [0.717, 1.165) is 12.7 Å². The van der Waals surface area contributed by atoms with Crippen molar-refractivity contribution in [1.82, 2.24) is 0 Å². The molecular weight excluding hydrogens is 390 g/mol. The van der Waals surface area contributed by atoms with Crippen LogP contribution < -0.4 is 9.64 Å². The Balaban J connectivity index is 2.20. The summed E-state index contributed by atoms with van der Waals surface area (Å²) in [6.07, 6.45) is 0. The zero-order valence-corrected chi connectivity index (χ0v) is 16.7. The number of Topliss-reactive ketones (excluding diaryl/α,β-unsaturated/α-hetero) is 1. The molecule has 1 aliphatic rings. The predicted molar refractivity (Wildman–Crippen MR) is 108 cm³/mol. The van der Waals surface area contributed by atoms with E-state index in [1.807, 2.05) is 13.8 Å². The van der Waals surface area contributed by atoms with E-state index in [1.165, 1.54) is 24.3 Å². The highest BCUT2D eigenvalue weighted by Gasteiger charge is 2.62. The summed E-state index contributed by atoms with van der Waals surface area (Å²) in [5, 5.41) is 22.1. The zero-order chi connectivity index (χ0) is 22.1. The van der Waals surface area contributed by atoms with Crippen molar-refractivity contribution < 1.29 is 34.1 Å². The number of rotatable bonds is 5. The molecule has 8 nitrogen and oxygen atoms in total. The van der Waals surface area contributed by atoms with Gasteiger partial charge in [0.2, 0.25) is 0 Å². The van der Waals surface area contributed by atoms with Gasteiger partial charge in [0.25, 0.3) is 11.5 Å². The highest BCUT2D eigenvalue weighted by molar-refractivity contribution is 6.54. The molecule has 1 heterocycles. The Morgan fingerprint density at radius 1 is 1.07 bits per heavy atom. The number of nitrogens with zero attached hydrogens (tertiary/aromatic N) is 1. The first-order valence-corrected chi connectivity index (χ1v) is 9.19. The van der Waals surface area contributed by atoms with Crippen molar-refractivity contribution in [2.75, 3.05) is 18.6 Å². The number of benzene rings is 2. The van der Waals surface area contributed by atoms with Gasteiger partial charge in [0.1, 0.15) is 17.1 Å². The first-order chi connectivity index (χ1) is 14.2. The molecule has 0 bridgehead atoms. The second-order valence-corrected chi connectivity index (χ2v) is 6.65. The highest BCUT2D eigenvalue weighted by atomic mass is 16.5. The number of carbonyl (C=O) groups excluding carboxylic acids is 3. The molecule has 1 atom stereocenters. The Labute approximate surface area is 173 Å². The third-order valence-electron chi connectivity index (χ3n) is 4.73. The quantitative estimate of drug-likeness (QED) is 0.335. The lowest BCUT2D eigenvalue weighted by atomic mass is 9.97. The summed E-state index contributed by atoms with van der Waals surface area (Å²) in [6, 6.07) is 12.2. The van der Waals surface area contributed by atoms with E-state index < -0.39 is 34.7 Å². The van der Waals surface area contributed by atoms with E-state index in [1.54, 1.807) is 24.3 Å². The van der Waals surface area contributed by atoms with Crippen LogP contribution in [0.3, 0.4) is 0 Å². The number of ketones is 1. The molecular formula is C22H21NO7. The second-order valence-electron chi connectivity index (χ2n) is 6.65. The number of carbonyl (C=O) groups is 3. The molecule has 2 aromatic rings. The van der Waals surface area contributed by atoms with E-state index in [4.69, 9.17) is 4.74 Å². The molecule has 1 amide bonds. The summed E-state index contributed by atoms with van der Waals surface area (Å²) in [5.74, 6) is -3.85. The summed E-state index contributed by atoms with van der Waals surface area (Å²) in [5.41, 5.74) is -2.53. The molecule has 2 N–H and O–H groups in total. The molecule has 156 valence electrons. The van der Waals surface area contributed by atoms with E-state index in [2.05, 4.69) is 4.74 Å². The van der Waals surface area contributed by atoms with Crippen LogP contribution in [0.5, 0.6) is 5.75 Å². The minimum absolute atomic E-state index is 0.0985. The van der Waals surface area contributed by atoms with Gasteiger partial charge in [-0.15, -0.1) is 0 Å². The maximum Gasteiger partial charge on any atom is 0.365 e. The van der Waals surface area contributed by atoms with E-state index in [-0.39, 0.29) is 11.3 Å². The molecule has 1 aliphatic heterocycles. The van der Waals surface area contributed by atoms with Crippen LogP contribution in [0.4, 0.5) is 5.69 Å². The largest absolute Gasteiger partial charge is 0.507 e. The van der Waals surface area contributed by atoms with Crippen molar-refractivity contribution in [3.63, 3.8) is 0 Å². The number of aliphatic hydroxyl groups is 2. The summed E-state index contributed by atoms with van der Waals surface area (Å²) in [7, 11) is 1.01. The van der Waals surface area contributed by atoms with Gasteiger partial charge in [-0.2, -0.15) is 0 Å². The summed E-state index contributed by atoms with van der Waals surface area (Å²) in [6.45, 7) is 4.07. The SMILES string of the molecule is CCOc1ccc(/C(O)=C2\C(=O)C(=O)N(c3ccc(C)cc3)[C@@]2(O)C(=O)OC)cc1. The molecule has 0 aliphatic carbocycles. The van der Waals surface area contributed by atoms with E-state index >= 15 is 0 Å². The van der Waals surface area contributed by atoms with Gasteiger partial charge in [0.05, 0.1) is 13.7 Å². The molecule has 0 spiro atoms. The third-order valence-corrected chi connectivity index (χ3v) is 4.73. The Bertz CT molecular complexity index is 1020. The molecule has 0 unspecified atom stereocenters. The van der Waals surface area contributed by atoms with Crippen LogP contribution >= 0.6 is 0 Å². The van der Waals surface area contributed by atoms with Gasteiger partial charge < -0.3 is 19.7 Å². The van der Waals surface area contributed by atoms with Crippen molar-refractivity contribution in [2.45, 2.75) is 19.6 Å². The molecule has 0 saturated carbocycles. The lowest BCUT2D eigenvalue weighted by Gasteiger charge is -2.31. The Kier molecular flexibility index (Phi) is 5.62. The number of aliphatic hydroxyl groups excluding tert-OH is 1. The fourth-order valence-corrected chi connectivity index (χ4v) is 3.25. The standard InChI is InChI=1S/C22H21NO7/c1-4-30-16-11-7-14(8-12-16)18(24)17-19(25)20(26)23(22(17,28)21(27)29-3)15-9-5-13(2)6-10-15/h5-12,24,28H,4H2,1-3H3/b18-17-/t22-/m0/s1. The van der Waals surface area contributed by atoms with Crippen LogP contribution in [-0.4, -0.2) is 47.3 Å². The van der Waals surface area contributed by atoms with Gasteiger partial charge in [0.15, 0.2) is 0 Å². The fraction of sp³-hybridized carbons (Fsp3) is 0.227. The van der Waals surface area contributed by atoms with Gasteiger partial charge in [0, 0.05) is 11.3 Å². The summed E-state index contributed by atoms with van der Waals surface area (Å²) >= 11 is 0. The molecule has 1 fully saturated rings. The minimum atomic E-state index is -2.83. The van der Waals surface area contributed by atoms with Crippen molar-refractivity contribution in [2.24, 2.45) is 0 Å². The fourth-order valence-electron chi connectivity index (χ4n) is 3.25. The summed E-state index contributed by atoms with van der Waals surface area (Å²) < 4.78 is 10.0. The van der Waals surface area contributed by atoms with Crippen LogP contribution in [-0.2, 0) is 19.1 Å². The lowest BCUT2D eigenvalue weighted by molar-refractivity contribution is -0.158. The predicted octanol–water partition coefficient (Wildman–Crippen LogP) is 2.14. The van der Waals surface area contributed by atoms with Crippen LogP contribution in [0.15, 0.2) is 54.1 Å². The smallest absolute Gasteiger partial charge is 0.365 e. The minimum Gasteiger partial charge on any atom is -0.507 e. The van der Waals surface area contributed by atoms with Crippen LogP contribution in [0.1, 0.15) is 18.1 Å².